The molecule has 1 aromatic carbocycles. The van der Waals surface area contributed by atoms with Gasteiger partial charge >= 0.3 is 0 Å². The fourth-order valence-electron chi connectivity index (χ4n) is 5.52. The number of nitrogens with one attached hydrogen (secondary N) is 1. The highest BCUT2D eigenvalue weighted by Gasteiger charge is 2.26. The summed E-state index contributed by atoms with van der Waals surface area (Å²) in [5.74, 6) is -0.938. The second-order valence-electron chi connectivity index (χ2n) is 10.8. The lowest BCUT2D eigenvalue weighted by atomic mass is 9.85. The first-order chi connectivity index (χ1) is 20.0. The van der Waals surface area contributed by atoms with E-state index in [2.05, 4.69) is 15.2 Å². The van der Waals surface area contributed by atoms with E-state index < -0.39 is 5.82 Å². The lowest BCUT2D eigenvalue weighted by molar-refractivity contribution is 0.0827. The molecule has 1 aliphatic rings. The van der Waals surface area contributed by atoms with Crippen molar-refractivity contribution < 1.29 is 13.6 Å². The molecule has 3 heterocycles. The number of rotatable bonds is 7. The molecule has 9 heteroatoms. The Morgan fingerprint density at radius 1 is 1.12 bits per heavy atom. The number of hydrogen-bond donors (Lipinski definition) is 1. The van der Waals surface area contributed by atoms with Crippen molar-refractivity contribution in [3.05, 3.63) is 92.2 Å². The Morgan fingerprint density at radius 3 is 2.38 bits per heavy atom. The van der Waals surface area contributed by atoms with E-state index in [1.165, 1.54) is 27.8 Å². The van der Waals surface area contributed by atoms with E-state index in [9.17, 15) is 14.0 Å². The van der Waals surface area contributed by atoms with Gasteiger partial charge in [-0.05, 0) is 81.9 Å². The molecule has 1 amide bonds. The van der Waals surface area contributed by atoms with Crippen LogP contribution in [0.3, 0.4) is 0 Å². The number of anilines is 1. The van der Waals surface area contributed by atoms with Crippen LogP contribution in [0.15, 0.2) is 47.0 Å². The molecule has 7 nitrogen and oxygen atoms in total. The zero-order chi connectivity index (χ0) is 31.1. The summed E-state index contributed by atoms with van der Waals surface area (Å²) in [6.07, 6.45) is 6.45. The van der Waals surface area contributed by atoms with Crippen molar-refractivity contribution in [2.75, 3.05) is 46.1 Å². The number of aromatic nitrogens is 2. The van der Waals surface area contributed by atoms with Gasteiger partial charge < -0.3 is 10.2 Å². The van der Waals surface area contributed by atoms with E-state index in [4.69, 9.17) is 0 Å². The molecule has 1 saturated heterocycles. The summed E-state index contributed by atoms with van der Waals surface area (Å²) in [6.45, 7) is 12.1. The smallest absolute Gasteiger partial charge is 0.257 e. The Labute approximate surface area is 247 Å². The molecule has 2 aromatic heterocycles. The molecule has 0 atom stereocenters. The van der Waals surface area contributed by atoms with Crippen LogP contribution in [0.5, 0.6) is 0 Å². The van der Waals surface area contributed by atoms with Crippen LogP contribution in [0.4, 0.5) is 14.5 Å². The molecule has 1 fully saturated rings. The molecule has 226 valence electrons. The maximum Gasteiger partial charge on any atom is 0.257 e. The molecule has 0 saturated carbocycles. The monoisotopic (exact) mass is 579 g/mol. The summed E-state index contributed by atoms with van der Waals surface area (Å²) in [4.78, 5) is 33.2. The van der Waals surface area contributed by atoms with Gasteiger partial charge in [0.1, 0.15) is 5.82 Å². The Balaban J connectivity index is 0.00000237. The third kappa shape index (κ3) is 7.31. The number of nitrogens with zero attached hydrogens (tertiary/aromatic N) is 4. The Hall–Kier alpha value is -3.85. The van der Waals surface area contributed by atoms with Crippen molar-refractivity contribution >= 4 is 17.7 Å². The van der Waals surface area contributed by atoms with Gasteiger partial charge in [-0.15, -0.1) is 0 Å². The van der Waals surface area contributed by atoms with Crippen LogP contribution >= 0.6 is 0 Å². The first kappa shape index (κ1) is 32.7. The highest BCUT2D eigenvalue weighted by atomic mass is 19.1. The number of pyridine rings is 2. The van der Waals surface area contributed by atoms with E-state index in [0.29, 0.717) is 23.4 Å². The van der Waals surface area contributed by atoms with Crippen LogP contribution in [-0.4, -0.2) is 66.0 Å². The van der Waals surface area contributed by atoms with E-state index in [-0.39, 0.29) is 28.9 Å². The number of hydrogen-bond acceptors (Lipinski definition) is 5. The molecule has 0 aliphatic carbocycles. The minimum Gasteiger partial charge on any atom is -0.386 e. The number of halogens is 2. The summed E-state index contributed by atoms with van der Waals surface area (Å²) in [7, 11) is 4.89. The molecule has 0 bridgehead atoms. The molecule has 0 radical (unpaired) electrons. The molecule has 0 unspecified atom stereocenters. The van der Waals surface area contributed by atoms with Gasteiger partial charge in [0, 0.05) is 56.8 Å². The van der Waals surface area contributed by atoms with Crippen LogP contribution < -0.4 is 10.9 Å². The minimum atomic E-state index is -0.517. The minimum absolute atomic E-state index is 0.0959. The van der Waals surface area contributed by atoms with E-state index >= 15 is 4.39 Å². The highest BCUT2D eigenvalue weighted by molar-refractivity contribution is 5.94. The number of piperidine rings is 1. The largest absolute Gasteiger partial charge is 0.386 e. The molecule has 1 N–H and O–H groups in total. The number of carbonyl (C=O) groups is 1. The first-order valence-corrected chi connectivity index (χ1v) is 14.5. The lowest BCUT2D eigenvalue weighted by Gasteiger charge is -2.33. The molecule has 1 aliphatic heterocycles. The highest BCUT2D eigenvalue weighted by Crippen LogP contribution is 2.33. The van der Waals surface area contributed by atoms with Crippen LogP contribution in [0.1, 0.15) is 72.3 Å². The lowest BCUT2D eigenvalue weighted by Crippen LogP contribution is -2.34. The predicted molar refractivity (Wildman–Crippen MR) is 167 cm³/mol. The summed E-state index contributed by atoms with van der Waals surface area (Å²) >= 11 is 0. The van der Waals surface area contributed by atoms with Crippen molar-refractivity contribution in [1.82, 2.24) is 19.4 Å². The predicted octanol–water partition coefficient (Wildman–Crippen LogP) is 6.18. The average Bonchev–Trinajstić information content (AvgIpc) is 2.96. The second kappa shape index (κ2) is 14.4. The summed E-state index contributed by atoms with van der Waals surface area (Å²) < 4.78 is 30.9. The van der Waals surface area contributed by atoms with Gasteiger partial charge in [-0.25, -0.2) is 8.78 Å². The van der Waals surface area contributed by atoms with E-state index in [1.54, 1.807) is 39.5 Å². The van der Waals surface area contributed by atoms with Crippen molar-refractivity contribution in [2.24, 2.45) is 0 Å². The maximum atomic E-state index is 15.1. The van der Waals surface area contributed by atoms with Gasteiger partial charge in [-0.2, -0.15) is 0 Å². The van der Waals surface area contributed by atoms with Gasteiger partial charge in [0.15, 0.2) is 5.82 Å². The summed E-state index contributed by atoms with van der Waals surface area (Å²) in [6, 6.07) is 6.11. The van der Waals surface area contributed by atoms with Gasteiger partial charge in [0.05, 0.1) is 17.6 Å². The normalized spacial score (nSPS) is 14.3. The number of likely N-dealkylation sites (tertiary alicyclic amines) is 1. The standard InChI is InChI=1S/C31H37F2N5O2.C2H6/c1-19(13-24-21(3)35-10-7-28(24)38-18-26(33)27(34-4)16-29(38)39)17-37-11-8-22(9-12-37)30-20(2)14-23(15-25(30)32)31(40)36(5)6;1-2/h7,10,13-16,18,22,34H,8-9,11-12,17H2,1-6H3;1-2H3/b19-13+;. The molecule has 4 rings (SSSR count). The maximum absolute atomic E-state index is 15.1. The number of carbonyl (C=O) groups excluding carboxylic acids is 1. The number of benzene rings is 1. The SMILES string of the molecule is CC.CNc1cc(=O)n(-c2ccnc(C)c2/C=C(\C)CN2CCC(c3c(C)cc(C(=O)N(C)C)cc3F)CC2)cc1F. The Bertz CT molecular complexity index is 1480. The van der Waals surface area contributed by atoms with Crippen LogP contribution in [0.25, 0.3) is 11.8 Å². The van der Waals surface area contributed by atoms with Crippen LogP contribution in [0.2, 0.25) is 0 Å². The average molecular weight is 580 g/mol. The molecular formula is C33H43F2N5O2. The quantitative estimate of drug-likeness (QED) is 0.362. The second-order valence-corrected chi connectivity index (χ2v) is 10.8. The van der Waals surface area contributed by atoms with Crippen molar-refractivity contribution in [1.29, 1.82) is 0 Å². The summed E-state index contributed by atoms with van der Waals surface area (Å²) in [5.41, 5.74) is 4.85. The zero-order valence-corrected chi connectivity index (χ0v) is 26.0. The molecule has 3 aromatic rings. The van der Waals surface area contributed by atoms with Gasteiger partial charge in [0.2, 0.25) is 0 Å². The van der Waals surface area contributed by atoms with E-state index in [1.807, 2.05) is 40.7 Å². The van der Waals surface area contributed by atoms with E-state index in [0.717, 1.165) is 48.3 Å². The fraction of sp³-hybridized carbons (Fsp3) is 0.424. The number of amides is 1. The Morgan fingerprint density at radius 2 is 1.79 bits per heavy atom. The number of aryl methyl sites for hydroxylation is 2. The van der Waals surface area contributed by atoms with Crippen molar-refractivity contribution in [2.45, 2.75) is 53.4 Å². The van der Waals surface area contributed by atoms with Crippen molar-refractivity contribution in [3.63, 3.8) is 0 Å². The molecular weight excluding hydrogens is 536 g/mol. The third-order valence-electron chi connectivity index (χ3n) is 7.55. The zero-order valence-electron chi connectivity index (χ0n) is 26.0. The van der Waals surface area contributed by atoms with Crippen LogP contribution in [0, 0.1) is 25.5 Å². The van der Waals surface area contributed by atoms with Gasteiger partial charge in [0.25, 0.3) is 11.5 Å². The van der Waals surface area contributed by atoms with Gasteiger partial charge in [-0.3, -0.25) is 24.0 Å². The third-order valence-corrected chi connectivity index (χ3v) is 7.55. The molecule has 0 spiro atoms. The van der Waals surface area contributed by atoms with Crippen LogP contribution in [-0.2, 0) is 0 Å². The molecule has 42 heavy (non-hydrogen) atoms. The van der Waals surface area contributed by atoms with Gasteiger partial charge in [-0.1, -0.05) is 25.5 Å². The summed E-state index contributed by atoms with van der Waals surface area (Å²) in [5, 5.41) is 2.69. The van der Waals surface area contributed by atoms with Crippen molar-refractivity contribution in [3.8, 4) is 5.69 Å². The Kier molecular flexibility index (Phi) is 11.2. The topological polar surface area (TPSA) is 70.5 Å². The first-order valence-electron chi connectivity index (χ1n) is 14.5. The fourth-order valence-corrected chi connectivity index (χ4v) is 5.52.